The molecule has 3 heterocycles. The lowest BCUT2D eigenvalue weighted by molar-refractivity contribution is 0.298. The van der Waals surface area contributed by atoms with Gasteiger partial charge < -0.3 is 5.32 Å². The van der Waals surface area contributed by atoms with Gasteiger partial charge in [0.2, 0.25) is 0 Å². The third kappa shape index (κ3) is 2.59. The highest BCUT2D eigenvalue weighted by atomic mass is 15.5. The van der Waals surface area contributed by atoms with Crippen LogP contribution in [0.25, 0.3) is 5.69 Å². The number of rotatable bonds is 4. The minimum absolute atomic E-state index is 0.620. The number of hydrogen-bond acceptors (Lipinski definition) is 4. The van der Waals surface area contributed by atoms with Crippen LogP contribution in [-0.4, -0.2) is 45.1 Å². The standard InChI is InChI=1S/C16H21N5/c1-2-5-14(6-3-1)21-18-12-13(19-21)11-17-15-8-10-20-9-4-7-16(15)20/h1-3,5-6,12,15-17H,4,7-11H2. The number of aromatic nitrogens is 3. The van der Waals surface area contributed by atoms with Gasteiger partial charge in [0.25, 0.3) is 0 Å². The lowest BCUT2D eigenvalue weighted by Gasteiger charge is -2.20. The van der Waals surface area contributed by atoms with Crippen LogP contribution in [0.4, 0.5) is 0 Å². The van der Waals surface area contributed by atoms with Crippen LogP contribution in [-0.2, 0) is 6.54 Å². The fourth-order valence-electron chi connectivity index (χ4n) is 3.62. The van der Waals surface area contributed by atoms with Crippen molar-refractivity contribution in [2.75, 3.05) is 13.1 Å². The summed E-state index contributed by atoms with van der Waals surface area (Å²) in [6.07, 6.45) is 5.82. The Morgan fingerprint density at radius 1 is 1.14 bits per heavy atom. The molecule has 2 aromatic rings. The predicted molar refractivity (Wildman–Crippen MR) is 81.2 cm³/mol. The second-order valence-electron chi connectivity index (χ2n) is 5.98. The second kappa shape index (κ2) is 5.58. The van der Waals surface area contributed by atoms with E-state index in [1.165, 1.54) is 32.4 Å². The molecule has 2 atom stereocenters. The molecule has 2 aliphatic rings. The normalized spacial score (nSPS) is 25.3. The van der Waals surface area contributed by atoms with Crippen LogP contribution < -0.4 is 5.32 Å². The third-order valence-corrected chi connectivity index (χ3v) is 4.68. The van der Waals surface area contributed by atoms with Crippen molar-refractivity contribution in [2.24, 2.45) is 0 Å². The fraction of sp³-hybridized carbons (Fsp3) is 0.500. The van der Waals surface area contributed by atoms with Gasteiger partial charge in [0, 0.05) is 25.2 Å². The molecule has 0 saturated carbocycles. The summed E-state index contributed by atoms with van der Waals surface area (Å²) in [6.45, 7) is 3.34. The van der Waals surface area contributed by atoms with E-state index in [2.05, 4.69) is 20.4 Å². The van der Waals surface area contributed by atoms with Crippen molar-refractivity contribution in [2.45, 2.75) is 37.9 Å². The maximum absolute atomic E-state index is 4.56. The van der Waals surface area contributed by atoms with Crippen molar-refractivity contribution in [1.29, 1.82) is 0 Å². The molecule has 0 spiro atoms. The molecule has 2 aliphatic heterocycles. The van der Waals surface area contributed by atoms with E-state index in [0.717, 1.165) is 24.0 Å². The number of para-hydroxylation sites is 1. The van der Waals surface area contributed by atoms with E-state index in [4.69, 9.17) is 0 Å². The van der Waals surface area contributed by atoms with Crippen LogP contribution in [0.15, 0.2) is 36.5 Å². The molecule has 0 amide bonds. The summed E-state index contributed by atoms with van der Waals surface area (Å²) in [6, 6.07) is 11.4. The van der Waals surface area contributed by atoms with Crippen LogP contribution >= 0.6 is 0 Å². The van der Waals surface area contributed by atoms with Gasteiger partial charge >= 0.3 is 0 Å². The molecule has 110 valence electrons. The molecule has 2 saturated heterocycles. The van der Waals surface area contributed by atoms with Gasteiger partial charge in [-0.3, -0.25) is 4.90 Å². The molecular formula is C16H21N5. The van der Waals surface area contributed by atoms with Crippen LogP contribution in [0.2, 0.25) is 0 Å². The smallest absolute Gasteiger partial charge is 0.0969 e. The van der Waals surface area contributed by atoms with Crippen molar-refractivity contribution in [3.8, 4) is 5.69 Å². The van der Waals surface area contributed by atoms with E-state index in [-0.39, 0.29) is 0 Å². The molecule has 1 N–H and O–H groups in total. The minimum Gasteiger partial charge on any atom is -0.307 e. The Morgan fingerprint density at radius 2 is 2.05 bits per heavy atom. The Hall–Kier alpha value is -1.72. The van der Waals surface area contributed by atoms with Gasteiger partial charge in [0.05, 0.1) is 17.6 Å². The highest BCUT2D eigenvalue weighted by Gasteiger charge is 2.36. The summed E-state index contributed by atoms with van der Waals surface area (Å²) in [4.78, 5) is 4.33. The molecule has 0 aliphatic carbocycles. The maximum Gasteiger partial charge on any atom is 0.0969 e. The quantitative estimate of drug-likeness (QED) is 0.925. The van der Waals surface area contributed by atoms with E-state index in [0.29, 0.717) is 6.04 Å². The van der Waals surface area contributed by atoms with Crippen LogP contribution in [0.5, 0.6) is 0 Å². The van der Waals surface area contributed by atoms with Gasteiger partial charge in [-0.15, -0.1) is 0 Å². The first-order chi connectivity index (χ1) is 10.4. The van der Waals surface area contributed by atoms with E-state index >= 15 is 0 Å². The van der Waals surface area contributed by atoms with E-state index in [1.54, 1.807) is 4.80 Å². The van der Waals surface area contributed by atoms with Gasteiger partial charge in [0.1, 0.15) is 0 Å². The molecule has 5 heteroatoms. The Labute approximate surface area is 125 Å². The monoisotopic (exact) mass is 283 g/mol. The zero-order valence-corrected chi connectivity index (χ0v) is 12.2. The summed E-state index contributed by atoms with van der Waals surface area (Å²) in [5, 5.41) is 12.6. The first kappa shape index (κ1) is 13.0. The summed E-state index contributed by atoms with van der Waals surface area (Å²) >= 11 is 0. The Balaban J connectivity index is 1.39. The first-order valence-corrected chi connectivity index (χ1v) is 7.84. The van der Waals surface area contributed by atoms with Crippen LogP contribution in [0.3, 0.4) is 0 Å². The Bertz CT molecular complexity index is 594. The van der Waals surface area contributed by atoms with Crippen LogP contribution in [0.1, 0.15) is 25.0 Å². The number of nitrogens with zero attached hydrogens (tertiary/aromatic N) is 4. The van der Waals surface area contributed by atoms with Crippen molar-refractivity contribution in [3.63, 3.8) is 0 Å². The van der Waals surface area contributed by atoms with E-state index in [9.17, 15) is 0 Å². The zero-order valence-electron chi connectivity index (χ0n) is 12.2. The topological polar surface area (TPSA) is 46.0 Å². The largest absolute Gasteiger partial charge is 0.307 e. The fourth-order valence-corrected chi connectivity index (χ4v) is 3.62. The van der Waals surface area contributed by atoms with Gasteiger partial charge in [-0.25, -0.2) is 0 Å². The Morgan fingerprint density at radius 3 is 2.95 bits per heavy atom. The molecule has 0 radical (unpaired) electrons. The van der Waals surface area contributed by atoms with E-state index < -0.39 is 0 Å². The lowest BCUT2D eigenvalue weighted by atomic mass is 10.1. The van der Waals surface area contributed by atoms with E-state index in [1.807, 2.05) is 36.5 Å². The first-order valence-electron chi connectivity index (χ1n) is 7.84. The van der Waals surface area contributed by atoms with Gasteiger partial charge in [-0.1, -0.05) is 18.2 Å². The number of benzene rings is 1. The predicted octanol–water partition coefficient (Wildman–Crippen LogP) is 1.59. The number of fused-ring (bicyclic) bond motifs is 1. The summed E-state index contributed by atoms with van der Waals surface area (Å²) in [7, 11) is 0. The van der Waals surface area contributed by atoms with Crippen molar-refractivity contribution < 1.29 is 0 Å². The maximum atomic E-state index is 4.56. The second-order valence-corrected chi connectivity index (χ2v) is 5.98. The molecule has 0 bridgehead atoms. The summed E-state index contributed by atoms with van der Waals surface area (Å²) < 4.78 is 0. The SMILES string of the molecule is c1ccc(-n2ncc(CNC3CCN4CCCC34)n2)cc1. The number of hydrogen-bond donors (Lipinski definition) is 1. The highest BCUT2D eigenvalue weighted by Crippen LogP contribution is 2.27. The molecule has 4 rings (SSSR count). The van der Waals surface area contributed by atoms with Gasteiger partial charge in [0.15, 0.2) is 0 Å². The van der Waals surface area contributed by atoms with Gasteiger partial charge in [-0.2, -0.15) is 15.0 Å². The molecule has 21 heavy (non-hydrogen) atoms. The number of nitrogens with one attached hydrogen (secondary N) is 1. The molecular weight excluding hydrogens is 262 g/mol. The van der Waals surface area contributed by atoms with Gasteiger partial charge in [-0.05, 0) is 37.9 Å². The average molecular weight is 283 g/mol. The minimum atomic E-state index is 0.620. The van der Waals surface area contributed by atoms with Crippen molar-refractivity contribution >= 4 is 0 Å². The molecule has 2 fully saturated rings. The molecule has 2 unspecified atom stereocenters. The lowest BCUT2D eigenvalue weighted by Crippen LogP contribution is -2.38. The van der Waals surface area contributed by atoms with Crippen LogP contribution in [0, 0.1) is 0 Å². The molecule has 5 nitrogen and oxygen atoms in total. The Kier molecular flexibility index (Phi) is 3.45. The zero-order chi connectivity index (χ0) is 14.1. The molecule has 1 aromatic heterocycles. The summed E-state index contributed by atoms with van der Waals surface area (Å²) in [5.41, 5.74) is 2.02. The van der Waals surface area contributed by atoms with Crippen molar-refractivity contribution in [1.82, 2.24) is 25.2 Å². The summed E-state index contributed by atoms with van der Waals surface area (Å²) in [5.74, 6) is 0. The molecule has 1 aromatic carbocycles. The highest BCUT2D eigenvalue weighted by molar-refractivity contribution is 5.28. The van der Waals surface area contributed by atoms with Crippen molar-refractivity contribution in [3.05, 3.63) is 42.2 Å². The average Bonchev–Trinajstić information content (AvgIpc) is 3.23. The third-order valence-electron chi connectivity index (χ3n) is 4.68.